The Morgan fingerprint density at radius 3 is 2.04 bits per heavy atom. The van der Waals surface area contributed by atoms with Crippen LogP contribution in [0.2, 0.25) is 0 Å². The number of carbonyl (C=O) groups is 1. The van der Waals surface area contributed by atoms with E-state index in [2.05, 4.69) is 65.6 Å². The predicted octanol–water partition coefficient (Wildman–Crippen LogP) is 4.86. The first-order valence-electron chi connectivity index (χ1n) is 9.87. The highest BCUT2D eigenvalue weighted by atomic mass is 16.6. The molecule has 0 radical (unpaired) electrons. The monoisotopic (exact) mass is 378 g/mol. The van der Waals surface area contributed by atoms with Crippen LogP contribution in [0.1, 0.15) is 31.9 Å². The van der Waals surface area contributed by atoms with Crippen LogP contribution < -0.4 is 0 Å². The average molecular weight is 379 g/mol. The van der Waals surface area contributed by atoms with Crippen LogP contribution in [0.3, 0.4) is 0 Å². The maximum Gasteiger partial charge on any atom is 0.410 e. The molecule has 1 aliphatic heterocycles. The number of amides is 1. The zero-order chi connectivity index (χ0) is 20.0. The molecule has 0 aromatic heterocycles. The van der Waals surface area contributed by atoms with E-state index in [1.165, 1.54) is 11.1 Å². The Kier molecular flexibility index (Phi) is 6.53. The molecular weight excluding hydrogens is 348 g/mol. The summed E-state index contributed by atoms with van der Waals surface area (Å²) in [5, 5.41) is 0. The number of hydrogen-bond donors (Lipinski definition) is 0. The summed E-state index contributed by atoms with van der Waals surface area (Å²) in [4.78, 5) is 16.8. The van der Waals surface area contributed by atoms with Gasteiger partial charge in [0.25, 0.3) is 0 Å². The lowest BCUT2D eigenvalue weighted by molar-refractivity contribution is 0.0210. The predicted molar refractivity (Wildman–Crippen MR) is 113 cm³/mol. The Morgan fingerprint density at radius 1 is 1.00 bits per heavy atom. The van der Waals surface area contributed by atoms with Crippen LogP contribution in [0, 0.1) is 0 Å². The molecule has 0 saturated heterocycles. The second-order valence-electron chi connectivity index (χ2n) is 8.26. The Bertz CT molecular complexity index is 740. The van der Waals surface area contributed by atoms with Crippen molar-refractivity contribution in [3.05, 3.63) is 83.9 Å². The van der Waals surface area contributed by atoms with Crippen molar-refractivity contribution in [1.29, 1.82) is 0 Å². The highest BCUT2D eigenvalue weighted by Gasteiger charge is 2.28. The van der Waals surface area contributed by atoms with Crippen molar-refractivity contribution in [2.45, 2.75) is 45.5 Å². The molecule has 0 N–H and O–H groups in total. The summed E-state index contributed by atoms with van der Waals surface area (Å²) in [7, 11) is 0. The maximum absolute atomic E-state index is 12.5. The van der Waals surface area contributed by atoms with Crippen molar-refractivity contribution in [3.63, 3.8) is 0 Å². The molecule has 2 aromatic rings. The molecule has 0 fully saturated rings. The summed E-state index contributed by atoms with van der Waals surface area (Å²) < 4.78 is 5.58. The Labute approximate surface area is 168 Å². The van der Waals surface area contributed by atoms with Crippen LogP contribution in [0.15, 0.2) is 72.8 Å². The SMILES string of the molecule is CC(C)(C)OC(=O)N1CC=C[C@@H](N(Cc2ccccc2)Cc2ccccc2)C1. The van der Waals surface area contributed by atoms with E-state index in [0.29, 0.717) is 13.1 Å². The fourth-order valence-electron chi connectivity index (χ4n) is 3.35. The highest BCUT2D eigenvalue weighted by molar-refractivity contribution is 5.68. The first-order chi connectivity index (χ1) is 13.4. The molecule has 1 atom stereocenters. The zero-order valence-electron chi connectivity index (χ0n) is 17.0. The number of nitrogens with zero attached hydrogens (tertiary/aromatic N) is 2. The zero-order valence-corrected chi connectivity index (χ0v) is 17.0. The average Bonchev–Trinajstić information content (AvgIpc) is 2.68. The van der Waals surface area contributed by atoms with E-state index >= 15 is 0 Å². The van der Waals surface area contributed by atoms with Crippen LogP contribution >= 0.6 is 0 Å². The smallest absolute Gasteiger partial charge is 0.410 e. The van der Waals surface area contributed by atoms with Crippen LogP contribution in [0.5, 0.6) is 0 Å². The quantitative estimate of drug-likeness (QED) is 0.696. The fourth-order valence-corrected chi connectivity index (χ4v) is 3.35. The van der Waals surface area contributed by atoms with Crippen molar-refractivity contribution >= 4 is 6.09 Å². The van der Waals surface area contributed by atoms with Crippen molar-refractivity contribution in [3.8, 4) is 0 Å². The van der Waals surface area contributed by atoms with E-state index in [1.807, 2.05) is 32.9 Å². The second-order valence-corrected chi connectivity index (χ2v) is 8.26. The van der Waals surface area contributed by atoms with Gasteiger partial charge in [0, 0.05) is 32.2 Å². The molecular formula is C24H30N2O2. The third-order valence-electron chi connectivity index (χ3n) is 4.67. The normalized spacial score (nSPS) is 17.0. The third-order valence-corrected chi connectivity index (χ3v) is 4.67. The van der Waals surface area contributed by atoms with E-state index in [4.69, 9.17) is 4.74 Å². The molecule has 1 aliphatic rings. The van der Waals surface area contributed by atoms with Crippen LogP contribution in [0.25, 0.3) is 0 Å². The van der Waals surface area contributed by atoms with Crippen molar-refractivity contribution in [2.75, 3.05) is 13.1 Å². The molecule has 148 valence electrons. The first-order valence-corrected chi connectivity index (χ1v) is 9.87. The van der Waals surface area contributed by atoms with Crippen LogP contribution in [0.4, 0.5) is 4.79 Å². The van der Waals surface area contributed by atoms with E-state index in [1.54, 1.807) is 4.90 Å². The van der Waals surface area contributed by atoms with Gasteiger partial charge in [-0.05, 0) is 31.9 Å². The Balaban J connectivity index is 1.76. The molecule has 3 rings (SSSR count). The van der Waals surface area contributed by atoms with Crippen molar-refractivity contribution < 1.29 is 9.53 Å². The van der Waals surface area contributed by atoms with Gasteiger partial charge in [-0.3, -0.25) is 4.90 Å². The number of ether oxygens (including phenoxy) is 1. The Hall–Kier alpha value is -2.59. The third kappa shape index (κ3) is 5.96. The van der Waals surface area contributed by atoms with Gasteiger partial charge in [-0.2, -0.15) is 0 Å². The topological polar surface area (TPSA) is 32.8 Å². The molecule has 1 heterocycles. The lowest BCUT2D eigenvalue weighted by Crippen LogP contribution is -2.48. The van der Waals surface area contributed by atoms with E-state index in [-0.39, 0.29) is 12.1 Å². The summed E-state index contributed by atoms with van der Waals surface area (Å²) in [6.07, 6.45) is 4.04. The molecule has 0 bridgehead atoms. The largest absolute Gasteiger partial charge is 0.444 e. The summed E-state index contributed by atoms with van der Waals surface area (Å²) in [6, 6.07) is 21.1. The lowest BCUT2D eigenvalue weighted by atomic mass is 10.1. The van der Waals surface area contributed by atoms with Crippen LogP contribution in [-0.2, 0) is 17.8 Å². The summed E-state index contributed by atoms with van der Waals surface area (Å²) in [5.41, 5.74) is 2.05. The molecule has 0 unspecified atom stereocenters. The molecule has 4 nitrogen and oxygen atoms in total. The van der Waals surface area contributed by atoms with Gasteiger partial charge in [-0.15, -0.1) is 0 Å². The van der Waals surface area contributed by atoms with Crippen molar-refractivity contribution in [2.24, 2.45) is 0 Å². The highest BCUT2D eigenvalue weighted by Crippen LogP contribution is 2.19. The minimum absolute atomic E-state index is 0.140. The minimum Gasteiger partial charge on any atom is -0.444 e. The van der Waals surface area contributed by atoms with Gasteiger partial charge in [-0.25, -0.2) is 4.79 Å². The molecule has 4 heteroatoms. The van der Waals surface area contributed by atoms with Gasteiger partial charge >= 0.3 is 6.09 Å². The van der Waals surface area contributed by atoms with Crippen molar-refractivity contribution in [1.82, 2.24) is 9.80 Å². The number of hydrogen-bond acceptors (Lipinski definition) is 3. The number of carbonyl (C=O) groups excluding carboxylic acids is 1. The first kappa shape index (κ1) is 20.2. The molecule has 0 aliphatic carbocycles. The molecule has 28 heavy (non-hydrogen) atoms. The number of rotatable bonds is 5. The summed E-state index contributed by atoms with van der Waals surface area (Å²) >= 11 is 0. The number of benzene rings is 2. The van der Waals surface area contributed by atoms with Gasteiger partial charge in [-0.1, -0.05) is 72.8 Å². The molecule has 0 saturated carbocycles. The minimum atomic E-state index is -0.485. The fraction of sp³-hybridized carbons (Fsp3) is 0.375. The molecule has 0 spiro atoms. The summed E-state index contributed by atoms with van der Waals surface area (Å²) in [6.45, 7) is 8.58. The van der Waals surface area contributed by atoms with Gasteiger partial charge in [0.2, 0.25) is 0 Å². The molecule has 1 amide bonds. The Morgan fingerprint density at radius 2 is 1.54 bits per heavy atom. The summed E-state index contributed by atoms with van der Waals surface area (Å²) in [5.74, 6) is 0. The second kappa shape index (κ2) is 9.07. The van der Waals surface area contributed by atoms with E-state index in [9.17, 15) is 4.79 Å². The van der Waals surface area contributed by atoms with Crippen LogP contribution in [-0.4, -0.2) is 40.6 Å². The van der Waals surface area contributed by atoms with Gasteiger partial charge < -0.3 is 9.64 Å². The molecule has 2 aromatic carbocycles. The van der Waals surface area contributed by atoms with E-state index < -0.39 is 5.60 Å². The maximum atomic E-state index is 12.5. The lowest BCUT2D eigenvalue weighted by Gasteiger charge is -2.37. The standard InChI is InChI=1S/C24H30N2O2/c1-24(2,3)28-23(27)25-16-10-15-22(19-25)26(17-20-11-6-4-7-12-20)18-21-13-8-5-9-14-21/h4-15,22H,16-19H2,1-3H3/t22-/m1/s1. The van der Waals surface area contributed by atoms with Gasteiger partial charge in [0.05, 0.1) is 0 Å². The van der Waals surface area contributed by atoms with Gasteiger partial charge in [0.15, 0.2) is 0 Å². The van der Waals surface area contributed by atoms with Gasteiger partial charge in [0.1, 0.15) is 5.60 Å². The van der Waals surface area contributed by atoms with E-state index in [0.717, 1.165) is 13.1 Å².